The van der Waals surface area contributed by atoms with Gasteiger partial charge < -0.3 is 10.6 Å². The molecule has 0 radical (unpaired) electrons. The van der Waals surface area contributed by atoms with E-state index in [1.165, 1.54) is 0 Å². The maximum absolute atomic E-state index is 6.20. The van der Waals surface area contributed by atoms with E-state index < -0.39 is 0 Å². The molecule has 0 aliphatic rings. The van der Waals surface area contributed by atoms with Crippen molar-refractivity contribution < 1.29 is 0 Å². The molecule has 0 saturated heterocycles. The molecular weight excluding hydrogens is 198 g/mol. The van der Waals surface area contributed by atoms with Crippen molar-refractivity contribution in [2.45, 2.75) is 13.8 Å². The zero-order chi connectivity index (χ0) is 11.5. The molecule has 16 heavy (non-hydrogen) atoms. The lowest BCUT2D eigenvalue weighted by molar-refractivity contribution is 0.868. The lowest BCUT2D eigenvalue weighted by Gasteiger charge is -2.23. The third-order valence-corrected chi connectivity index (χ3v) is 2.94. The van der Waals surface area contributed by atoms with Crippen LogP contribution in [-0.4, -0.2) is 18.1 Å². The zero-order valence-electron chi connectivity index (χ0n) is 9.77. The van der Waals surface area contributed by atoms with Crippen molar-refractivity contribution in [3.8, 4) is 0 Å². The summed E-state index contributed by atoms with van der Waals surface area (Å²) >= 11 is 0. The van der Waals surface area contributed by atoms with Crippen molar-refractivity contribution >= 4 is 22.1 Å². The van der Waals surface area contributed by atoms with Gasteiger partial charge in [-0.3, -0.25) is 4.98 Å². The molecule has 0 aliphatic carbocycles. The first kappa shape index (κ1) is 10.7. The quantitative estimate of drug-likeness (QED) is 0.800. The van der Waals surface area contributed by atoms with Crippen LogP contribution in [0.5, 0.6) is 0 Å². The predicted molar refractivity (Wildman–Crippen MR) is 69.7 cm³/mol. The van der Waals surface area contributed by atoms with Gasteiger partial charge in [-0.1, -0.05) is 6.07 Å². The molecule has 0 bridgehead atoms. The molecule has 2 aromatic rings. The second-order valence-corrected chi connectivity index (χ2v) is 3.77. The second kappa shape index (κ2) is 4.39. The van der Waals surface area contributed by atoms with Gasteiger partial charge in [-0.15, -0.1) is 0 Å². The minimum absolute atomic E-state index is 0.851. The predicted octanol–water partition coefficient (Wildman–Crippen LogP) is 2.66. The molecule has 3 nitrogen and oxygen atoms in total. The van der Waals surface area contributed by atoms with Gasteiger partial charge in [0.25, 0.3) is 0 Å². The van der Waals surface area contributed by atoms with Crippen LogP contribution in [0.2, 0.25) is 0 Å². The highest BCUT2D eigenvalue weighted by molar-refractivity contribution is 5.98. The van der Waals surface area contributed by atoms with E-state index in [-0.39, 0.29) is 0 Å². The van der Waals surface area contributed by atoms with E-state index >= 15 is 0 Å². The van der Waals surface area contributed by atoms with Gasteiger partial charge in [-0.25, -0.2) is 0 Å². The molecule has 0 saturated carbocycles. The number of hydrogen-bond donors (Lipinski definition) is 1. The van der Waals surface area contributed by atoms with Crippen LogP contribution in [0.3, 0.4) is 0 Å². The second-order valence-electron chi connectivity index (χ2n) is 3.77. The zero-order valence-corrected chi connectivity index (χ0v) is 9.77. The molecule has 2 N–H and O–H groups in total. The Hall–Kier alpha value is -1.77. The number of hydrogen-bond acceptors (Lipinski definition) is 3. The van der Waals surface area contributed by atoms with Crippen molar-refractivity contribution in [1.82, 2.24) is 4.98 Å². The van der Waals surface area contributed by atoms with Crippen molar-refractivity contribution in [3.05, 3.63) is 30.6 Å². The van der Waals surface area contributed by atoms with Crippen LogP contribution in [0.1, 0.15) is 13.8 Å². The van der Waals surface area contributed by atoms with Crippen LogP contribution in [-0.2, 0) is 0 Å². The Bertz CT molecular complexity index is 490. The summed E-state index contributed by atoms with van der Waals surface area (Å²) in [5, 5.41) is 2.18. The van der Waals surface area contributed by atoms with Crippen LogP contribution in [0, 0.1) is 0 Å². The number of rotatable bonds is 3. The fraction of sp³-hybridized carbons (Fsp3) is 0.308. The summed E-state index contributed by atoms with van der Waals surface area (Å²) in [4.78, 5) is 6.36. The Morgan fingerprint density at radius 1 is 1.19 bits per heavy atom. The summed E-state index contributed by atoms with van der Waals surface area (Å²) in [5.74, 6) is 0. The summed E-state index contributed by atoms with van der Waals surface area (Å²) in [5.41, 5.74) is 8.17. The fourth-order valence-corrected chi connectivity index (χ4v) is 2.02. The maximum atomic E-state index is 6.20. The maximum Gasteiger partial charge on any atom is 0.0632 e. The number of pyridine rings is 1. The number of nitrogens with zero attached hydrogens (tertiary/aromatic N) is 2. The van der Waals surface area contributed by atoms with E-state index in [0.29, 0.717) is 0 Å². The first-order chi connectivity index (χ1) is 7.77. The molecule has 0 aliphatic heterocycles. The van der Waals surface area contributed by atoms with Gasteiger partial charge >= 0.3 is 0 Å². The highest BCUT2D eigenvalue weighted by atomic mass is 15.1. The third kappa shape index (κ3) is 1.69. The summed E-state index contributed by atoms with van der Waals surface area (Å²) in [6.07, 6.45) is 3.63. The van der Waals surface area contributed by atoms with Gasteiger partial charge in [0.15, 0.2) is 0 Å². The summed E-state index contributed by atoms with van der Waals surface area (Å²) < 4.78 is 0. The van der Waals surface area contributed by atoms with Crippen molar-refractivity contribution in [2.75, 3.05) is 23.7 Å². The smallest absolute Gasteiger partial charge is 0.0632 e. The van der Waals surface area contributed by atoms with E-state index in [0.717, 1.165) is 35.2 Å². The third-order valence-electron chi connectivity index (χ3n) is 2.94. The van der Waals surface area contributed by atoms with Gasteiger partial charge in [0, 0.05) is 36.3 Å². The number of nitrogen functional groups attached to an aromatic ring is 1. The molecule has 1 heterocycles. The molecular formula is C13H17N3. The van der Waals surface area contributed by atoms with Crippen LogP contribution in [0.4, 0.5) is 11.4 Å². The standard InChI is InChI=1S/C13H17N3/c1-3-16(4-2)12-6-5-10-9-15-8-7-11(10)13(12)14/h5-9H,3-4,14H2,1-2H3. The Morgan fingerprint density at radius 2 is 1.94 bits per heavy atom. The van der Waals surface area contributed by atoms with Gasteiger partial charge in [-0.2, -0.15) is 0 Å². The van der Waals surface area contributed by atoms with E-state index in [1.54, 1.807) is 6.20 Å². The van der Waals surface area contributed by atoms with Crippen LogP contribution >= 0.6 is 0 Å². The van der Waals surface area contributed by atoms with E-state index in [9.17, 15) is 0 Å². The molecule has 0 spiro atoms. The Kier molecular flexibility index (Phi) is 2.95. The van der Waals surface area contributed by atoms with E-state index in [2.05, 4.69) is 35.9 Å². The average molecular weight is 215 g/mol. The van der Waals surface area contributed by atoms with E-state index in [1.807, 2.05) is 12.3 Å². The Balaban J connectivity index is 2.60. The Morgan fingerprint density at radius 3 is 2.62 bits per heavy atom. The average Bonchev–Trinajstić information content (AvgIpc) is 2.34. The molecule has 3 heteroatoms. The normalized spacial score (nSPS) is 10.6. The molecule has 2 rings (SSSR count). The van der Waals surface area contributed by atoms with Gasteiger partial charge in [0.05, 0.1) is 11.4 Å². The highest BCUT2D eigenvalue weighted by Crippen LogP contribution is 2.30. The first-order valence-corrected chi connectivity index (χ1v) is 5.65. The van der Waals surface area contributed by atoms with Crippen LogP contribution in [0.15, 0.2) is 30.6 Å². The van der Waals surface area contributed by atoms with Crippen LogP contribution in [0.25, 0.3) is 10.8 Å². The van der Waals surface area contributed by atoms with Gasteiger partial charge in [-0.05, 0) is 26.0 Å². The molecule has 0 fully saturated rings. The summed E-state index contributed by atoms with van der Waals surface area (Å²) in [6, 6.07) is 6.12. The minimum atomic E-state index is 0.851. The highest BCUT2D eigenvalue weighted by Gasteiger charge is 2.08. The number of anilines is 2. The molecule has 0 unspecified atom stereocenters. The number of aromatic nitrogens is 1. The fourth-order valence-electron chi connectivity index (χ4n) is 2.02. The van der Waals surface area contributed by atoms with Gasteiger partial charge in [0.2, 0.25) is 0 Å². The lowest BCUT2D eigenvalue weighted by atomic mass is 10.1. The van der Waals surface area contributed by atoms with Crippen LogP contribution < -0.4 is 10.6 Å². The van der Waals surface area contributed by atoms with Crippen molar-refractivity contribution in [3.63, 3.8) is 0 Å². The lowest BCUT2D eigenvalue weighted by Crippen LogP contribution is -2.22. The number of benzene rings is 1. The molecule has 1 aromatic heterocycles. The number of nitrogens with two attached hydrogens (primary N) is 1. The summed E-state index contributed by atoms with van der Waals surface area (Å²) in [6.45, 7) is 6.22. The van der Waals surface area contributed by atoms with Crippen molar-refractivity contribution in [1.29, 1.82) is 0 Å². The SMILES string of the molecule is CCN(CC)c1ccc2cnccc2c1N. The van der Waals surface area contributed by atoms with E-state index in [4.69, 9.17) is 5.73 Å². The largest absolute Gasteiger partial charge is 0.397 e. The molecule has 84 valence electrons. The first-order valence-electron chi connectivity index (χ1n) is 5.65. The minimum Gasteiger partial charge on any atom is -0.397 e. The van der Waals surface area contributed by atoms with Crippen molar-refractivity contribution in [2.24, 2.45) is 0 Å². The summed E-state index contributed by atoms with van der Waals surface area (Å²) in [7, 11) is 0. The van der Waals surface area contributed by atoms with Gasteiger partial charge in [0.1, 0.15) is 0 Å². The molecule has 0 amide bonds. The number of fused-ring (bicyclic) bond motifs is 1. The topological polar surface area (TPSA) is 42.2 Å². The molecule has 0 atom stereocenters. The molecule has 1 aromatic carbocycles. The Labute approximate surface area is 95.9 Å². The monoisotopic (exact) mass is 215 g/mol.